The number of fused-ring (bicyclic) bond motifs is 2. The van der Waals surface area contributed by atoms with Gasteiger partial charge in [-0.3, -0.25) is 9.59 Å². The van der Waals surface area contributed by atoms with Crippen LogP contribution >= 0.6 is 0 Å². The molecule has 2 heterocycles. The van der Waals surface area contributed by atoms with Gasteiger partial charge in [-0.25, -0.2) is 4.79 Å². The first kappa shape index (κ1) is 26.8. The van der Waals surface area contributed by atoms with Crippen LogP contribution in [0.2, 0.25) is 0 Å². The van der Waals surface area contributed by atoms with Gasteiger partial charge in [-0.1, -0.05) is 6.07 Å². The van der Waals surface area contributed by atoms with E-state index in [0.29, 0.717) is 70.6 Å². The first-order chi connectivity index (χ1) is 19.2. The minimum atomic E-state index is -0.492. The SMILES string of the molecule is COC(=O)c1ccc2c(c1)NC(=O)/C2=C(\Nc1ccc(N(C)C(=O)CN(C)C)cc1)c1ccc2c(c1)OCCO2. The number of methoxy groups -OCH3 is 1. The number of likely N-dealkylation sites (N-methyl/N-ethyl adjacent to an activating group) is 2. The fourth-order valence-corrected chi connectivity index (χ4v) is 4.58. The molecule has 2 N–H and O–H groups in total. The molecule has 0 fully saturated rings. The first-order valence-corrected chi connectivity index (χ1v) is 12.7. The maximum atomic E-state index is 13.4. The Morgan fingerprint density at radius 3 is 2.33 bits per heavy atom. The third kappa shape index (κ3) is 5.34. The number of ether oxygens (including phenoxy) is 3. The van der Waals surface area contributed by atoms with Crippen LogP contribution in [0.15, 0.2) is 60.7 Å². The van der Waals surface area contributed by atoms with Crippen LogP contribution in [0, 0.1) is 0 Å². The topological polar surface area (TPSA) is 109 Å². The number of carbonyl (C=O) groups excluding carboxylic acids is 3. The summed E-state index contributed by atoms with van der Waals surface area (Å²) < 4.78 is 16.3. The summed E-state index contributed by atoms with van der Waals surface area (Å²) in [6.45, 7) is 1.19. The molecule has 206 valence electrons. The molecule has 2 aliphatic rings. The molecule has 0 aliphatic carbocycles. The van der Waals surface area contributed by atoms with Crippen molar-refractivity contribution in [1.29, 1.82) is 0 Å². The number of benzene rings is 3. The molecular weight excluding hydrogens is 512 g/mol. The summed E-state index contributed by atoms with van der Waals surface area (Å²) in [7, 11) is 6.74. The Kier molecular flexibility index (Phi) is 7.43. The van der Waals surface area contributed by atoms with Crippen LogP contribution < -0.4 is 25.0 Å². The average Bonchev–Trinajstić information content (AvgIpc) is 3.29. The molecule has 10 heteroatoms. The lowest BCUT2D eigenvalue weighted by Gasteiger charge is -2.22. The molecule has 0 saturated heterocycles. The van der Waals surface area contributed by atoms with Crippen LogP contribution in [-0.4, -0.2) is 70.7 Å². The van der Waals surface area contributed by atoms with Crippen molar-refractivity contribution < 1.29 is 28.6 Å². The molecular formula is C30H30N4O6. The van der Waals surface area contributed by atoms with Crippen molar-refractivity contribution in [2.75, 3.05) is 63.5 Å². The van der Waals surface area contributed by atoms with Crippen LogP contribution in [0.1, 0.15) is 21.5 Å². The van der Waals surface area contributed by atoms with Crippen LogP contribution in [0.3, 0.4) is 0 Å². The molecule has 0 spiro atoms. The molecule has 40 heavy (non-hydrogen) atoms. The highest BCUT2D eigenvalue weighted by molar-refractivity contribution is 6.37. The van der Waals surface area contributed by atoms with Crippen molar-refractivity contribution in [2.24, 2.45) is 0 Å². The minimum absolute atomic E-state index is 0.0321. The molecule has 0 unspecified atom stereocenters. The van der Waals surface area contributed by atoms with E-state index in [1.807, 2.05) is 61.5 Å². The second-order valence-corrected chi connectivity index (χ2v) is 9.68. The zero-order chi connectivity index (χ0) is 28.4. The fourth-order valence-electron chi connectivity index (χ4n) is 4.58. The molecule has 2 amide bonds. The van der Waals surface area contributed by atoms with E-state index in [0.717, 1.165) is 5.69 Å². The number of hydrogen-bond acceptors (Lipinski definition) is 8. The van der Waals surface area contributed by atoms with Gasteiger partial charge in [0.2, 0.25) is 5.91 Å². The van der Waals surface area contributed by atoms with Crippen molar-refractivity contribution in [2.45, 2.75) is 0 Å². The van der Waals surface area contributed by atoms with Gasteiger partial charge in [0, 0.05) is 29.5 Å². The maximum Gasteiger partial charge on any atom is 0.337 e. The molecule has 0 bridgehead atoms. The molecule has 0 radical (unpaired) electrons. The fraction of sp³-hybridized carbons (Fsp3) is 0.233. The third-order valence-corrected chi connectivity index (χ3v) is 6.62. The first-order valence-electron chi connectivity index (χ1n) is 12.7. The van der Waals surface area contributed by atoms with E-state index in [4.69, 9.17) is 14.2 Å². The van der Waals surface area contributed by atoms with E-state index in [1.165, 1.54) is 7.11 Å². The largest absolute Gasteiger partial charge is 0.486 e. The van der Waals surface area contributed by atoms with Crippen molar-refractivity contribution >= 4 is 46.1 Å². The number of rotatable bonds is 7. The molecule has 3 aromatic rings. The summed E-state index contributed by atoms with van der Waals surface area (Å²) in [6, 6.07) is 17.8. The summed E-state index contributed by atoms with van der Waals surface area (Å²) in [4.78, 5) is 41.3. The van der Waals surface area contributed by atoms with Crippen molar-refractivity contribution in [3.8, 4) is 11.5 Å². The summed E-state index contributed by atoms with van der Waals surface area (Å²) in [5.74, 6) is 0.372. The number of amides is 2. The summed E-state index contributed by atoms with van der Waals surface area (Å²) >= 11 is 0. The van der Waals surface area contributed by atoms with Gasteiger partial charge in [-0.15, -0.1) is 0 Å². The van der Waals surface area contributed by atoms with E-state index in [-0.39, 0.29) is 11.8 Å². The van der Waals surface area contributed by atoms with Gasteiger partial charge >= 0.3 is 5.97 Å². The number of nitrogens with zero attached hydrogens (tertiary/aromatic N) is 2. The number of hydrogen-bond donors (Lipinski definition) is 2. The zero-order valence-corrected chi connectivity index (χ0v) is 22.7. The van der Waals surface area contributed by atoms with Crippen molar-refractivity contribution in [1.82, 2.24) is 4.90 Å². The lowest BCUT2D eigenvalue weighted by molar-refractivity contribution is -0.119. The second kappa shape index (κ2) is 11.1. The highest BCUT2D eigenvalue weighted by Gasteiger charge is 2.30. The number of carbonyl (C=O) groups is 3. The molecule has 3 aromatic carbocycles. The third-order valence-electron chi connectivity index (χ3n) is 6.62. The standard InChI is InChI=1S/C30H30N4O6/c1-33(2)17-26(35)34(3)21-9-7-20(8-10-21)31-28(18-6-12-24-25(16-18)40-14-13-39-24)27-22-11-5-19(30(37)38-4)15-23(22)32-29(27)36/h5-12,15-16,31H,13-14,17H2,1-4H3,(H,32,36)/b28-27-. The van der Waals surface area contributed by atoms with Crippen LogP contribution in [-0.2, 0) is 14.3 Å². The minimum Gasteiger partial charge on any atom is -0.486 e. The van der Waals surface area contributed by atoms with Crippen LogP contribution in [0.25, 0.3) is 11.3 Å². The molecule has 10 nitrogen and oxygen atoms in total. The van der Waals surface area contributed by atoms with Gasteiger partial charge in [0.25, 0.3) is 5.91 Å². The van der Waals surface area contributed by atoms with Gasteiger partial charge in [0.15, 0.2) is 11.5 Å². The van der Waals surface area contributed by atoms with E-state index in [1.54, 1.807) is 30.1 Å². The zero-order valence-electron chi connectivity index (χ0n) is 22.7. The molecule has 5 rings (SSSR count). The van der Waals surface area contributed by atoms with E-state index in [2.05, 4.69) is 10.6 Å². The smallest absolute Gasteiger partial charge is 0.337 e. The molecule has 0 aromatic heterocycles. The predicted molar refractivity (Wildman–Crippen MR) is 153 cm³/mol. The monoisotopic (exact) mass is 542 g/mol. The van der Waals surface area contributed by atoms with E-state index < -0.39 is 5.97 Å². The van der Waals surface area contributed by atoms with Gasteiger partial charge in [0.05, 0.1) is 36.2 Å². The Morgan fingerprint density at radius 2 is 1.62 bits per heavy atom. The lowest BCUT2D eigenvalue weighted by Crippen LogP contribution is -2.34. The van der Waals surface area contributed by atoms with E-state index >= 15 is 0 Å². The Labute approximate surface area is 232 Å². The van der Waals surface area contributed by atoms with Crippen molar-refractivity contribution in [3.63, 3.8) is 0 Å². The summed E-state index contributed by atoms with van der Waals surface area (Å²) in [6.07, 6.45) is 0. The molecule has 2 aliphatic heterocycles. The lowest BCUT2D eigenvalue weighted by atomic mass is 9.98. The Balaban J connectivity index is 1.55. The van der Waals surface area contributed by atoms with Gasteiger partial charge in [0.1, 0.15) is 13.2 Å². The Hall–Kier alpha value is -4.83. The van der Waals surface area contributed by atoms with Crippen LogP contribution in [0.4, 0.5) is 17.1 Å². The Morgan fingerprint density at radius 1 is 0.925 bits per heavy atom. The molecule has 0 saturated carbocycles. The van der Waals surface area contributed by atoms with Gasteiger partial charge < -0.3 is 34.6 Å². The van der Waals surface area contributed by atoms with Crippen molar-refractivity contribution in [3.05, 3.63) is 77.4 Å². The normalized spacial score (nSPS) is 14.8. The maximum absolute atomic E-state index is 13.4. The Bertz CT molecular complexity index is 1510. The highest BCUT2D eigenvalue weighted by Crippen LogP contribution is 2.40. The number of nitrogens with one attached hydrogen (secondary N) is 2. The summed E-state index contributed by atoms with van der Waals surface area (Å²) in [5.41, 5.74) is 4.60. The predicted octanol–water partition coefficient (Wildman–Crippen LogP) is 3.70. The van der Waals surface area contributed by atoms with E-state index in [9.17, 15) is 14.4 Å². The molecule has 0 atom stereocenters. The van der Waals surface area contributed by atoms with Gasteiger partial charge in [-0.05, 0) is 68.7 Å². The average molecular weight is 543 g/mol. The quantitative estimate of drug-likeness (QED) is 0.344. The number of esters is 1. The summed E-state index contributed by atoms with van der Waals surface area (Å²) in [5, 5.41) is 6.28. The number of anilines is 3. The van der Waals surface area contributed by atoms with Gasteiger partial charge in [-0.2, -0.15) is 0 Å². The second-order valence-electron chi connectivity index (χ2n) is 9.68. The highest BCUT2D eigenvalue weighted by atomic mass is 16.6. The van der Waals surface area contributed by atoms with Crippen LogP contribution in [0.5, 0.6) is 11.5 Å².